The van der Waals surface area contributed by atoms with E-state index in [1.807, 2.05) is 0 Å². The minimum atomic E-state index is -0.443. The Morgan fingerprint density at radius 2 is 1.67 bits per heavy atom. The third-order valence-electron chi connectivity index (χ3n) is 3.15. The smallest absolute Gasteiger partial charge is 0.324 e. The molecule has 0 aromatic carbocycles. The van der Waals surface area contributed by atoms with Gasteiger partial charge in [0.2, 0.25) is 0 Å². The number of carbonyl (C=O) groups excluding carboxylic acids is 1. The first kappa shape index (κ1) is 16.7. The highest BCUT2D eigenvalue weighted by atomic mass is 16.2. The molecule has 99 valence electrons. The Balaban J connectivity index is 0.00000144. The SMILES string of the molecule is NC(=O)n1ccnc1[C]1CCCCCCC1.[CH2].[CH2]. The van der Waals surface area contributed by atoms with Crippen LogP contribution >= 0.6 is 0 Å². The molecular weight excluding hydrogens is 226 g/mol. The van der Waals surface area contributed by atoms with Crippen molar-refractivity contribution in [3.8, 4) is 0 Å². The fourth-order valence-corrected chi connectivity index (χ4v) is 2.30. The summed E-state index contributed by atoms with van der Waals surface area (Å²) < 4.78 is 1.46. The fourth-order valence-electron chi connectivity index (χ4n) is 2.30. The van der Waals surface area contributed by atoms with Crippen LogP contribution in [0.25, 0.3) is 0 Å². The number of primary amides is 1. The largest absolute Gasteiger partial charge is 0.351 e. The van der Waals surface area contributed by atoms with E-state index in [0.29, 0.717) is 0 Å². The van der Waals surface area contributed by atoms with E-state index in [1.54, 1.807) is 12.4 Å². The molecular formula is C14H22N3O. The first-order chi connectivity index (χ1) is 7.79. The van der Waals surface area contributed by atoms with Gasteiger partial charge in [-0.25, -0.2) is 9.78 Å². The van der Waals surface area contributed by atoms with Gasteiger partial charge in [0, 0.05) is 18.3 Å². The molecule has 1 aliphatic rings. The molecule has 5 radical (unpaired) electrons. The molecule has 1 aromatic heterocycles. The molecule has 4 nitrogen and oxygen atoms in total. The molecule has 2 N–H and O–H groups in total. The number of imidazole rings is 1. The molecule has 1 fully saturated rings. The standard InChI is InChI=1S/C12H18N3O.2CH2/c13-12(16)15-9-8-14-11(15)10-6-4-2-1-3-5-7-10;;/h8-9H,1-7H2,(H2,13,16);2*1H2. The van der Waals surface area contributed by atoms with Crippen molar-refractivity contribution in [2.24, 2.45) is 5.73 Å². The van der Waals surface area contributed by atoms with Crippen molar-refractivity contribution in [1.29, 1.82) is 0 Å². The van der Waals surface area contributed by atoms with Gasteiger partial charge in [-0.2, -0.15) is 0 Å². The van der Waals surface area contributed by atoms with E-state index < -0.39 is 6.03 Å². The van der Waals surface area contributed by atoms with Gasteiger partial charge >= 0.3 is 6.03 Å². The van der Waals surface area contributed by atoms with Gasteiger partial charge in [-0.1, -0.05) is 47.0 Å². The van der Waals surface area contributed by atoms with Crippen molar-refractivity contribution >= 4 is 6.03 Å². The summed E-state index contributed by atoms with van der Waals surface area (Å²) in [4.78, 5) is 15.5. The summed E-state index contributed by atoms with van der Waals surface area (Å²) in [5, 5.41) is 0. The zero-order valence-corrected chi connectivity index (χ0v) is 10.9. The summed E-state index contributed by atoms with van der Waals surface area (Å²) in [6, 6.07) is -0.443. The van der Waals surface area contributed by atoms with Crippen LogP contribution in [0.1, 0.15) is 50.8 Å². The summed E-state index contributed by atoms with van der Waals surface area (Å²) in [7, 11) is 0. The Kier molecular flexibility index (Phi) is 7.32. The summed E-state index contributed by atoms with van der Waals surface area (Å²) in [6.45, 7) is 0. The van der Waals surface area contributed by atoms with Crippen molar-refractivity contribution < 1.29 is 4.79 Å². The molecule has 4 heteroatoms. The minimum Gasteiger partial charge on any atom is -0.351 e. The van der Waals surface area contributed by atoms with Crippen LogP contribution in [0.4, 0.5) is 4.79 Å². The number of hydrogen-bond donors (Lipinski definition) is 1. The Morgan fingerprint density at radius 1 is 1.11 bits per heavy atom. The van der Waals surface area contributed by atoms with Crippen LogP contribution in [0.3, 0.4) is 0 Å². The number of aromatic nitrogens is 2. The zero-order valence-electron chi connectivity index (χ0n) is 10.9. The Labute approximate surface area is 111 Å². The zero-order chi connectivity index (χ0) is 11.4. The van der Waals surface area contributed by atoms with Crippen LogP contribution in [-0.2, 0) is 0 Å². The number of rotatable bonds is 1. The van der Waals surface area contributed by atoms with Crippen LogP contribution in [0.15, 0.2) is 12.4 Å². The predicted molar refractivity (Wildman–Crippen MR) is 72.6 cm³/mol. The molecule has 0 unspecified atom stereocenters. The second-order valence-corrected chi connectivity index (χ2v) is 4.33. The topological polar surface area (TPSA) is 60.9 Å². The number of amides is 1. The highest BCUT2D eigenvalue weighted by Gasteiger charge is 2.20. The van der Waals surface area contributed by atoms with Crippen molar-refractivity contribution in [1.82, 2.24) is 9.55 Å². The summed E-state index contributed by atoms with van der Waals surface area (Å²) >= 11 is 0. The Hall–Kier alpha value is -1.32. The first-order valence-corrected chi connectivity index (χ1v) is 5.97. The van der Waals surface area contributed by atoms with E-state index in [2.05, 4.69) is 4.98 Å². The van der Waals surface area contributed by atoms with Gasteiger partial charge in [-0.3, -0.25) is 4.57 Å². The summed E-state index contributed by atoms with van der Waals surface area (Å²) in [5.41, 5.74) is 5.31. The van der Waals surface area contributed by atoms with Gasteiger partial charge in [0.05, 0.1) is 0 Å². The van der Waals surface area contributed by atoms with Gasteiger partial charge in [0.25, 0.3) is 0 Å². The van der Waals surface area contributed by atoms with E-state index in [4.69, 9.17) is 5.73 Å². The van der Waals surface area contributed by atoms with Crippen molar-refractivity contribution in [2.45, 2.75) is 44.9 Å². The van der Waals surface area contributed by atoms with Crippen LogP contribution in [0.5, 0.6) is 0 Å². The molecule has 0 aliphatic heterocycles. The number of nitrogens with zero attached hydrogens (tertiary/aromatic N) is 2. The summed E-state index contributed by atoms with van der Waals surface area (Å²) in [6.07, 6.45) is 11.7. The molecule has 0 atom stereocenters. The molecule has 1 aliphatic carbocycles. The van der Waals surface area contributed by atoms with Gasteiger partial charge in [0.15, 0.2) is 0 Å². The third-order valence-corrected chi connectivity index (χ3v) is 3.15. The minimum absolute atomic E-state index is 0. The average molecular weight is 248 g/mol. The average Bonchev–Trinajstić information content (AvgIpc) is 2.65. The van der Waals surface area contributed by atoms with Crippen molar-refractivity contribution in [3.63, 3.8) is 0 Å². The van der Waals surface area contributed by atoms with Crippen LogP contribution in [-0.4, -0.2) is 15.6 Å². The number of nitrogens with two attached hydrogens (primary N) is 1. The molecule has 2 rings (SSSR count). The predicted octanol–water partition coefficient (Wildman–Crippen LogP) is 3.13. The molecule has 1 saturated carbocycles. The monoisotopic (exact) mass is 248 g/mol. The van der Waals surface area contributed by atoms with Crippen LogP contribution in [0, 0.1) is 20.8 Å². The second-order valence-electron chi connectivity index (χ2n) is 4.33. The lowest BCUT2D eigenvalue weighted by Crippen LogP contribution is -2.23. The maximum atomic E-state index is 11.2. The highest BCUT2D eigenvalue weighted by molar-refractivity contribution is 5.75. The lowest BCUT2D eigenvalue weighted by atomic mass is 9.90. The normalized spacial score (nSPS) is 16.9. The Morgan fingerprint density at radius 3 is 2.22 bits per heavy atom. The maximum Gasteiger partial charge on any atom is 0.324 e. The highest BCUT2D eigenvalue weighted by Crippen LogP contribution is 2.28. The maximum absolute atomic E-state index is 11.2. The van der Waals surface area contributed by atoms with Crippen LogP contribution in [0.2, 0.25) is 0 Å². The molecule has 0 saturated heterocycles. The van der Waals surface area contributed by atoms with E-state index >= 15 is 0 Å². The van der Waals surface area contributed by atoms with Gasteiger partial charge in [0.1, 0.15) is 5.82 Å². The van der Waals surface area contributed by atoms with Crippen molar-refractivity contribution in [3.05, 3.63) is 39.0 Å². The van der Waals surface area contributed by atoms with E-state index in [9.17, 15) is 4.79 Å². The Bertz CT molecular complexity index is 352. The molecule has 1 amide bonds. The molecule has 18 heavy (non-hydrogen) atoms. The van der Waals surface area contributed by atoms with Crippen LogP contribution < -0.4 is 5.73 Å². The van der Waals surface area contributed by atoms with E-state index in [-0.39, 0.29) is 14.9 Å². The van der Waals surface area contributed by atoms with E-state index in [1.165, 1.54) is 42.6 Å². The van der Waals surface area contributed by atoms with Gasteiger partial charge in [-0.05, 0) is 12.8 Å². The molecule has 0 bridgehead atoms. The van der Waals surface area contributed by atoms with E-state index in [0.717, 1.165) is 18.7 Å². The number of carbonyl (C=O) groups is 1. The quantitative estimate of drug-likeness (QED) is 0.830. The first-order valence-electron chi connectivity index (χ1n) is 5.97. The van der Waals surface area contributed by atoms with Crippen molar-refractivity contribution in [2.75, 3.05) is 0 Å². The molecule has 1 heterocycles. The lowest BCUT2D eigenvalue weighted by molar-refractivity contribution is 0.249. The summed E-state index contributed by atoms with van der Waals surface area (Å²) in [5.74, 6) is 2.05. The fraction of sp³-hybridized carbons (Fsp3) is 0.500. The van der Waals surface area contributed by atoms with Gasteiger partial charge in [-0.15, -0.1) is 0 Å². The molecule has 0 spiro atoms. The lowest BCUT2D eigenvalue weighted by Gasteiger charge is -2.18. The molecule has 1 aromatic rings. The number of hydrogen-bond acceptors (Lipinski definition) is 2. The van der Waals surface area contributed by atoms with Gasteiger partial charge < -0.3 is 5.73 Å². The third kappa shape index (κ3) is 3.86. The second kappa shape index (κ2) is 7.90.